The van der Waals surface area contributed by atoms with Gasteiger partial charge in [-0.15, -0.1) is 0 Å². The van der Waals surface area contributed by atoms with E-state index < -0.39 is 6.17 Å². The summed E-state index contributed by atoms with van der Waals surface area (Å²) in [5.41, 5.74) is 5.53. The maximum Gasteiger partial charge on any atom is 0.127 e. The summed E-state index contributed by atoms with van der Waals surface area (Å²) in [5, 5.41) is 3.01. The van der Waals surface area contributed by atoms with Crippen LogP contribution in [-0.2, 0) is 0 Å². The van der Waals surface area contributed by atoms with E-state index in [1.54, 1.807) is 0 Å². The minimum atomic E-state index is -0.847. The third-order valence-corrected chi connectivity index (χ3v) is 1.94. The summed E-state index contributed by atoms with van der Waals surface area (Å²) in [7, 11) is 0. The van der Waals surface area contributed by atoms with Crippen LogP contribution in [0.15, 0.2) is 0 Å². The topological polar surface area (TPSA) is 38.0 Å². The highest BCUT2D eigenvalue weighted by atomic mass is 19.1. The van der Waals surface area contributed by atoms with Gasteiger partial charge < -0.3 is 11.1 Å². The molecule has 60 valence electrons. The smallest absolute Gasteiger partial charge is 0.127 e. The van der Waals surface area contributed by atoms with Gasteiger partial charge in [0, 0.05) is 12.6 Å². The average Bonchev–Trinajstić information content (AvgIpc) is 1.92. The third-order valence-electron chi connectivity index (χ3n) is 1.94. The number of nitrogens with two attached hydrogens (primary N) is 1. The molecule has 0 aliphatic carbocycles. The lowest BCUT2D eigenvalue weighted by molar-refractivity contribution is 0.248. The summed E-state index contributed by atoms with van der Waals surface area (Å²) < 4.78 is 12.8. The molecule has 10 heavy (non-hydrogen) atoms. The van der Waals surface area contributed by atoms with Gasteiger partial charge in [0.05, 0.1) is 0 Å². The summed E-state index contributed by atoms with van der Waals surface area (Å²) in [4.78, 5) is 0. The molecule has 1 fully saturated rings. The Bertz CT molecular complexity index is 85.6. The van der Waals surface area contributed by atoms with Crippen molar-refractivity contribution in [2.75, 3.05) is 13.1 Å². The van der Waals surface area contributed by atoms with Crippen molar-refractivity contribution in [1.29, 1.82) is 0 Å². The van der Waals surface area contributed by atoms with Gasteiger partial charge in [-0.3, -0.25) is 0 Å². The molecular formula is C7H15FN2. The molecule has 0 amide bonds. The number of halogens is 1. The second-order valence-corrected chi connectivity index (χ2v) is 2.88. The second-order valence-electron chi connectivity index (χ2n) is 2.88. The van der Waals surface area contributed by atoms with Crippen LogP contribution in [0, 0.1) is 0 Å². The first kappa shape index (κ1) is 7.95. The van der Waals surface area contributed by atoms with Crippen LogP contribution < -0.4 is 11.1 Å². The van der Waals surface area contributed by atoms with Gasteiger partial charge in [0.2, 0.25) is 0 Å². The Morgan fingerprint density at radius 3 is 3.00 bits per heavy atom. The van der Waals surface area contributed by atoms with Crippen LogP contribution in [0.1, 0.15) is 19.3 Å². The Morgan fingerprint density at radius 2 is 2.20 bits per heavy atom. The molecule has 1 heterocycles. The number of rotatable bonds is 0. The Hall–Kier alpha value is -0.150. The van der Waals surface area contributed by atoms with Crippen molar-refractivity contribution in [3.05, 3.63) is 0 Å². The van der Waals surface area contributed by atoms with Crippen molar-refractivity contribution < 1.29 is 4.39 Å². The molecule has 0 saturated carbocycles. The molecule has 0 aromatic heterocycles. The lowest BCUT2D eigenvalue weighted by Crippen LogP contribution is -2.40. The molecule has 1 rings (SSSR count). The largest absolute Gasteiger partial charge is 0.325 e. The molecule has 3 heteroatoms. The fraction of sp³-hybridized carbons (Fsp3) is 1.00. The van der Waals surface area contributed by atoms with Crippen LogP contribution in [0.4, 0.5) is 4.39 Å². The van der Waals surface area contributed by atoms with Crippen LogP contribution in [0.25, 0.3) is 0 Å². The summed E-state index contributed by atoms with van der Waals surface area (Å²) in [6.45, 7) is 1.37. The molecule has 1 saturated heterocycles. The van der Waals surface area contributed by atoms with Gasteiger partial charge in [-0.05, 0) is 19.4 Å². The minimum Gasteiger partial charge on any atom is -0.325 e. The maximum atomic E-state index is 12.8. The fourth-order valence-electron chi connectivity index (χ4n) is 1.20. The van der Waals surface area contributed by atoms with E-state index in [1.165, 1.54) is 0 Å². The van der Waals surface area contributed by atoms with Gasteiger partial charge in [0.1, 0.15) is 6.17 Å². The number of hydrogen-bond acceptors (Lipinski definition) is 2. The second kappa shape index (κ2) is 3.88. The standard InChI is InChI=1S/C7H15FN2/c8-6-5-10-4-2-1-3-7(6)9/h6-7,10H,1-5,9H2. The summed E-state index contributed by atoms with van der Waals surface area (Å²) in [6, 6.07) is -0.243. The highest BCUT2D eigenvalue weighted by Crippen LogP contribution is 2.07. The van der Waals surface area contributed by atoms with E-state index in [0.29, 0.717) is 6.54 Å². The lowest BCUT2D eigenvalue weighted by Gasteiger charge is -2.20. The molecule has 2 nitrogen and oxygen atoms in total. The first-order valence-electron chi connectivity index (χ1n) is 3.91. The van der Waals surface area contributed by atoms with Crippen LogP contribution >= 0.6 is 0 Å². The summed E-state index contributed by atoms with van der Waals surface area (Å²) in [5.74, 6) is 0. The van der Waals surface area contributed by atoms with Crippen molar-refractivity contribution in [3.63, 3.8) is 0 Å². The molecule has 0 spiro atoms. The van der Waals surface area contributed by atoms with Gasteiger partial charge in [0.15, 0.2) is 0 Å². The zero-order valence-electron chi connectivity index (χ0n) is 6.15. The van der Waals surface area contributed by atoms with Crippen LogP contribution in [0.5, 0.6) is 0 Å². The molecule has 1 aliphatic heterocycles. The van der Waals surface area contributed by atoms with Crippen LogP contribution in [0.3, 0.4) is 0 Å². The monoisotopic (exact) mass is 146 g/mol. The van der Waals surface area contributed by atoms with Gasteiger partial charge >= 0.3 is 0 Å². The zero-order valence-corrected chi connectivity index (χ0v) is 6.15. The SMILES string of the molecule is NC1CCCCNCC1F. The summed E-state index contributed by atoms with van der Waals surface area (Å²) in [6.07, 6.45) is 2.16. The Labute approximate surface area is 61.0 Å². The molecule has 1 aliphatic rings. The van der Waals surface area contributed by atoms with Gasteiger partial charge in [-0.1, -0.05) is 6.42 Å². The van der Waals surface area contributed by atoms with E-state index in [4.69, 9.17) is 5.73 Å². The van der Waals surface area contributed by atoms with Crippen molar-refractivity contribution in [3.8, 4) is 0 Å². The number of hydrogen-bond donors (Lipinski definition) is 2. The van der Waals surface area contributed by atoms with Crippen LogP contribution in [0.2, 0.25) is 0 Å². The molecule has 0 radical (unpaired) electrons. The van der Waals surface area contributed by atoms with Gasteiger partial charge in [0.25, 0.3) is 0 Å². The normalized spacial score (nSPS) is 36.6. The molecule has 2 unspecified atom stereocenters. The van der Waals surface area contributed by atoms with Crippen molar-refractivity contribution in [2.45, 2.75) is 31.5 Å². The lowest BCUT2D eigenvalue weighted by atomic mass is 10.0. The van der Waals surface area contributed by atoms with Crippen molar-refractivity contribution in [2.24, 2.45) is 5.73 Å². The number of alkyl halides is 1. The molecule has 0 aromatic carbocycles. The van der Waals surface area contributed by atoms with Gasteiger partial charge in [-0.25, -0.2) is 4.39 Å². The van der Waals surface area contributed by atoms with E-state index in [2.05, 4.69) is 5.32 Å². The van der Waals surface area contributed by atoms with E-state index >= 15 is 0 Å². The Balaban J connectivity index is 2.28. The van der Waals surface area contributed by atoms with E-state index in [9.17, 15) is 4.39 Å². The Morgan fingerprint density at radius 1 is 1.40 bits per heavy atom. The quantitative estimate of drug-likeness (QED) is 0.520. The zero-order chi connectivity index (χ0) is 7.40. The first-order chi connectivity index (χ1) is 4.80. The highest BCUT2D eigenvalue weighted by Gasteiger charge is 2.17. The van der Waals surface area contributed by atoms with Crippen molar-refractivity contribution >= 4 is 0 Å². The van der Waals surface area contributed by atoms with E-state index in [0.717, 1.165) is 25.8 Å². The third kappa shape index (κ3) is 2.23. The number of nitrogens with one attached hydrogen (secondary N) is 1. The molecule has 0 bridgehead atoms. The van der Waals surface area contributed by atoms with E-state index in [1.807, 2.05) is 0 Å². The fourth-order valence-corrected chi connectivity index (χ4v) is 1.20. The first-order valence-corrected chi connectivity index (χ1v) is 3.91. The highest BCUT2D eigenvalue weighted by molar-refractivity contribution is 4.76. The predicted molar refractivity (Wildman–Crippen MR) is 39.6 cm³/mol. The van der Waals surface area contributed by atoms with E-state index in [-0.39, 0.29) is 6.04 Å². The molecular weight excluding hydrogens is 131 g/mol. The average molecular weight is 146 g/mol. The maximum absolute atomic E-state index is 12.8. The molecule has 0 aromatic rings. The predicted octanol–water partition coefficient (Wildman–Crippen LogP) is 0.425. The molecule has 2 atom stereocenters. The van der Waals surface area contributed by atoms with Crippen LogP contribution in [-0.4, -0.2) is 25.3 Å². The van der Waals surface area contributed by atoms with Crippen molar-refractivity contribution in [1.82, 2.24) is 5.32 Å². The Kier molecular flexibility index (Phi) is 3.09. The van der Waals surface area contributed by atoms with Gasteiger partial charge in [-0.2, -0.15) is 0 Å². The summed E-state index contributed by atoms with van der Waals surface area (Å²) >= 11 is 0. The molecule has 3 N–H and O–H groups in total. The minimum absolute atomic E-state index is 0.243.